The normalized spacial score (nSPS) is 22.1. The lowest BCUT2D eigenvalue weighted by Gasteiger charge is -2.43. The van der Waals surface area contributed by atoms with Crippen molar-refractivity contribution >= 4 is 62.8 Å². The van der Waals surface area contributed by atoms with E-state index in [4.69, 9.17) is 31.3 Å². The Bertz CT molecular complexity index is 1500. The minimum atomic E-state index is -1.31. The molecule has 0 aliphatic carbocycles. The van der Waals surface area contributed by atoms with Gasteiger partial charge in [-0.1, -0.05) is 11.6 Å². The molecule has 4 N–H and O–H groups in total. The summed E-state index contributed by atoms with van der Waals surface area (Å²) in [5, 5.41) is 20.8. The maximum atomic E-state index is 13.6. The van der Waals surface area contributed by atoms with Gasteiger partial charge in [0.05, 0.1) is 53.9 Å². The number of morpholine rings is 2. The van der Waals surface area contributed by atoms with Crippen LogP contribution in [0.1, 0.15) is 34.1 Å². The molecule has 43 heavy (non-hydrogen) atoms. The summed E-state index contributed by atoms with van der Waals surface area (Å²) in [6.45, 7) is 9.73. The molecule has 2 aliphatic heterocycles. The number of anilines is 1. The van der Waals surface area contributed by atoms with Crippen molar-refractivity contribution in [3.05, 3.63) is 35.6 Å². The molecular weight excluding hydrogens is 582 g/mol. The Morgan fingerprint density at radius 2 is 1.79 bits per heavy atom. The smallest absolute Gasteiger partial charge is 0.314 e. The number of H-pyrrole nitrogens is 1. The molecule has 3 atom stereocenters. The van der Waals surface area contributed by atoms with E-state index in [9.17, 15) is 19.2 Å². The predicted octanol–water partition coefficient (Wildman–Crippen LogP) is 2.97. The summed E-state index contributed by atoms with van der Waals surface area (Å²) < 4.78 is 11.8. The van der Waals surface area contributed by atoms with E-state index in [1.807, 2.05) is 49.6 Å². The fourth-order valence-corrected chi connectivity index (χ4v) is 5.60. The number of carbonyl (C=O) groups excluding carboxylic acids is 2. The third-order valence-electron chi connectivity index (χ3n) is 7.10. The fourth-order valence-electron chi connectivity index (χ4n) is 5.38. The van der Waals surface area contributed by atoms with Crippen LogP contribution < -0.4 is 5.32 Å². The van der Waals surface area contributed by atoms with Gasteiger partial charge in [-0.25, -0.2) is 0 Å². The van der Waals surface area contributed by atoms with E-state index < -0.39 is 30.0 Å². The first kappa shape index (κ1) is 32.1. The fraction of sp³-hybridized carbons (Fsp3) is 0.483. The number of hydrogen-bond donors (Lipinski definition) is 4. The maximum absolute atomic E-state index is 13.6. The number of carbonyl (C=O) groups is 4. The highest BCUT2D eigenvalue weighted by molar-refractivity contribution is 6.33. The molecule has 3 aromatic rings. The highest BCUT2D eigenvalue weighted by atomic mass is 35.5. The number of carboxylic acid groups (broad SMARTS) is 2. The number of aromatic nitrogens is 2. The average molecular weight is 618 g/mol. The second kappa shape index (κ2) is 13.2. The van der Waals surface area contributed by atoms with Gasteiger partial charge in [0.2, 0.25) is 11.8 Å². The molecule has 0 saturated carbocycles. The SMILES string of the molecule is C[C@@H]1CN(C(=O)CN2CC(C)(C)OCC2C(=O)Nc2cc(Cl)cc3c2[nH]c2cnccc23)C[C@H](C)O1.O=C(O)CC(=O)O. The summed E-state index contributed by atoms with van der Waals surface area (Å²) >= 11 is 6.42. The molecule has 14 heteroatoms. The van der Waals surface area contributed by atoms with Crippen LogP contribution >= 0.6 is 11.6 Å². The number of amides is 2. The van der Waals surface area contributed by atoms with Crippen molar-refractivity contribution < 1.29 is 38.9 Å². The van der Waals surface area contributed by atoms with E-state index >= 15 is 0 Å². The summed E-state index contributed by atoms with van der Waals surface area (Å²) in [5.41, 5.74) is 1.72. The molecule has 5 rings (SSSR count). The first-order valence-electron chi connectivity index (χ1n) is 13.8. The van der Waals surface area contributed by atoms with Gasteiger partial charge in [0.15, 0.2) is 0 Å². The summed E-state index contributed by atoms with van der Waals surface area (Å²) in [6.07, 6.45) is 2.62. The third-order valence-corrected chi connectivity index (χ3v) is 7.32. The Hall–Kier alpha value is -3.78. The first-order chi connectivity index (χ1) is 20.2. The number of carboxylic acids is 2. The molecule has 4 heterocycles. The second-order valence-corrected chi connectivity index (χ2v) is 11.9. The van der Waals surface area contributed by atoms with Gasteiger partial charge in [0, 0.05) is 41.6 Å². The number of ether oxygens (including phenoxy) is 2. The second-order valence-electron chi connectivity index (χ2n) is 11.4. The molecule has 2 saturated heterocycles. The molecule has 2 aromatic heterocycles. The molecule has 0 radical (unpaired) electrons. The van der Waals surface area contributed by atoms with Gasteiger partial charge in [-0.15, -0.1) is 0 Å². The van der Waals surface area contributed by atoms with Crippen LogP contribution in [0.3, 0.4) is 0 Å². The molecule has 0 spiro atoms. The molecule has 232 valence electrons. The summed E-state index contributed by atoms with van der Waals surface area (Å²) in [4.78, 5) is 56.9. The number of halogens is 1. The van der Waals surface area contributed by atoms with Crippen LogP contribution in [0.25, 0.3) is 21.8 Å². The molecule has 2 fully saturated rings. The number of rotatable bonds is 6. The van der Waals surface area contributed by atoms with Gasteiger partial charge >= 0.3 is 11.9 Å². The lowest BCUT2D eigenvalue weighted by molar-refractivity contribution is -0.156. The first-order valence-corrected chi connectivity index (χ1v) is 14.2. The van der Waals surface area contributed by atoms with E-state index in [0.717, 1.165) is 21.8 Å². The van der Waals surface area contributed by atoms with E-state index in [-0.39, 0.29) is 37.2 Å². The molecule has 13 nitrogen and oxygen atoms in total. The Balaban J connectivity index is 0.000000541. The van der Waals surface area contributed by atoms with Crippen LogP contribution in [0.5, 0.6) is 0 Å². The van der Waals surface area contributed by atoms with Crippen LogP contribution in [0.2, 0.25) is 5.02 Å². The zero-order chi connectivity index (χ0) is 31.5. The number of nitrogens with one attached hydrogen (secondary N) is 2. The molecular formula is C29H36ClN5O8. The van der Waals surface area contributed by atoms with Gasteiger partial charge < -0.3 is 34.9 Å². The van der Waals surface area contributed by atoms with Gasteiger partial charge in [-0.2, -0.15) is 0 Å². The van der Waals surface area contributed by atoms with Crippen molar-refractivity contribution in [3.8, 4) is 0 Å². The largest absolute Gasteiger partial charge is 0.481 e. The minimum Gasteiger partial charge on any atom is -0.481 e. The molecule has 1 aromatic carbocycles. The van der Waals surface area contributed by atoms with Crippen LogP contribution in [0.4, 0.5) is 5.69 Å². The number of hydrogen-bond acceptors (Lipinski definition) is 8. The van der Waals surface area contributed by atoms with Crippen molar-refractivity contribution in [2.75, 3.05) is 38.1 Å². The highest BCUT2D eigenvalue weighted by Gasteiger charge is 2.40. The van der Waals surface area contributed by atoms with Gasteiger partial charge in [0.1, 0.15) is 12.5 Å². The monoisotopic (exact) mass is 617 g/mol. The zero-order valence-corrected chi connectivity index (χ0v) is 25.2. The highest BCUT2D eigenvalue weighted by Crippen LogP contribution is 2.33. The molecule has 2 aliphatic rings. The van der Waals surface area contributed by atoms with Crippen molar-refractivity contribution in [3.63, 3.8) is 0 Å². The van der Waals surface area contributed by atoms with Crippen LogP contribution in [0, 0.1) is 0 Å². The quantitative estimate of drug-likeness (QED) is 0.301. The van der Waals surface area contributed by atoms with Gasteiger partial charge in [-0.3, -0.25) is 29.1 Å². The van der Waals surface area contributed by atoms with E-state index in [1.165, 1.54) is 0 Å². The van der Waals surface area contributed by atoms with E-state index in [2.05, 4.69) is 15.3 Å². The minimum absolute atomic E-state index is 0.0132. The van der Waals surface area contributed by atoms with Crippen LogP contribution in [-0.4, -0.2) is 110 Å². The number of aromatic amines is 1. The summed E-state index contributed by atoms with van der Waals surface area (Å²) in [6, 6.07) is 4.88. The Labute approximate surface area is 253 Å². The lowest BCUT2D eigenvalue weighted by Crippen LogP contribution is -2.61. The van der Waals surface area contributed by atoms with Crippen LogP contribution in [0.15, 0.2) is 30.6 Å². The number of pyridine rings is 1. The van der Waals surface area contributed by atoms with E-state index in [1.54, 1.807) is 18.5 Å². The number of nitrogens with zero attached hydrogens (tertiary/aromatic N) is 3. The van der Waals surface area contributed by atoms with Crippen LogP contribution in [-0.2, 0) is 28.7 Å². The Kier molecular flexibility index (Phi) is 9.90. The number of benzene rings is 1. The molecule has 2 amide bonds. The lowest BCUT2D eigenvalue weighted by atomic mass is 10.0. The molecule has 0 bridgehead atoms. The van der Waals surface area contributed by atoms with Crippen molar-refractivity contribution in [1.82, 2.24) is 19.8 Å². The number of aliphatic carboxylic acids is 2. The third kappa shape index (κ3) is 8.20. The topological polar surface area (TPSA) is 174 Å². The maximum Gasteiger partial charge on any atom is 0.314 e. The standard InChI is InChI=1S/C26H32ClN5O4.C3H4O4/c1-15-10-31(11-16(2)36-15)23(33)12-32-14-26(3,4)35-13-22(32)25(34)30-20-8-17(27)7-19-18-5-6-28-9-21(18)29-24(19)20;4-2(5)1-3(6)7/h5-9,15-16,22,29H,10-14H2,1-4H3,(H,30,34);1H2,(H,4,5)(H,6,7)/t15-,16+,22?;. The average Bonchev–Trinajstić information content (AvgIpc) is 3.26. The summed E-state index contributed by atoms with van der Waals surface area (Å²) in [5.74, 6) is -2.89. The van der Waals surface area contributed by atoms with Gasteiger partial charge in [-0.05, 0) is 45.9 Å². The summed E-state index contributed by atoms with van der Waals surface area (Å²) in [7, 11) is 0. The zero-order valence-electron chi connectivity index (χ0n) is 24.4. The van der Waals surface area contributed by atoms with E-state index in [0.29, 0.717) is 30.3 Å². The Morgan fingerprint density at radius 3 is 2.42 bits per heavy atom. The van der Waals surface area contributed by atoms with Crippen molar-refractivity contribution in [2.24, 2.45) is 0 Å². The predicted molar refractivity (Wildman–Crippen MR) is 159 cm³/mol. The van der Waals surface area contributed by atoms with Crippen molar-refractivity contribution in [2.45, 2.75) is 58.0 Å². The molecule has 1 unspecified atom stereocenters. The van der Waals surface area contributed by atoms with Gasteiger partial charge in [0.25, 0.3) is 0 Å². The number of fused-ring (bicyclic) bond motifs is 3. The van der Waals surface area contributed by atoms with Crippen molar-refractivity contribution in [1.29, 1.82) is 0 Å². The Morgan fingerprint density at radius 1 is 1.12 bits per heavy atom.